The quantitative estimate of drug-likeness (QED) is 0.598. The van der Waals surface area contributed by atoms with Crippen LogP contribution in [0, 0.1) is 5.92 Å². The second-order valence-corrected chi connectivity index (χ2v) is 5.04. The van der Waals surface area contributed by atoms with E-state index in [1.807, 2.05) is 6.26 Å². The Kier molecular flexibility index (Phi) is 4.63. The molecule has 1 atom stereocenters. The van der Waals surface area contributed by atoms with E-state index in [4.69, 9.17) is 8.83 Å². The maximum Gasteiger partial charge on any atom is 0.221 e. The molecule has 0 saturated carbocycles. The number of furan rings is 2. The van der Waals surface area contributed by atoms with E-state index in [1.165, 1.54) is 30.4 Å². The lowest BCUT2D eigenvalue weighted by Crippen LogP contribution is -2.12. The number of Topliss-reactive ketones (excluding diaryl/α,β-unsaturated/α-hetero) is 1. The number of hydrogen-bond acceptors (Lipinski definition) is 5. The maximum absolute atomic E-state index is 12.2. The van der Waals surface area contributed by atoms with Gasteiger partial charge >= 0.3 is 0 Å². The van der Waals surface area contributed by atoms with E-state index >= 15 is 0 Å². The van der Waals surface area contributed by atoms with E-state index < -0.39 is 5.92 Å². The summed E-state index contributed by atoms with van der Waals surface area (Å²) < 4.78 is 10.1. The van der Waals surface area contributed by atoms with Gasteiger partial charge in [-0.05, 0) is 41.5 Å². The van der Waals surface area contributed by atoms with Crippen molar-refractivity contribution < 1.29 is 18.4 Å². The van der Waals surface area contributed by atoms with Gasteiger partial charge in [-0.15, -0.1) is 11.8 Å². The molecule has 0 aliphatic rings. The number of allylic oxidation sites excluding steroid dienone is 2. The Labute approximate surface area is 120 Å². The topological polar surface area (TPSA) is 60.4 Å². The molecule has 2 aromatic rings. The van der Waals surface area contributed by atoms with Crippen molar-refractivity contribution in [1.82, 2.24) is 0 Å². The number of hydrogen-bond donors (Lipinski definition) is 0. The van der Waals surface area contributed by atoms with E-state index in [9.17, 15) is 9.59 Å². The van der Waals surface area contributed by atoms with Crippen molar-refractivity contribution in [2.45, 2.75) is 6.92 Å². The van der Waals surface area contributed by atoms with Gasteiger partial charge in [-0.2, -0.15) is 0 Å². The Morgan fingerprint density at radius 3 is 2.25 bits per heavy atom. The highest BCUT2D eigenvalue weighted by Crippen LogP contribution is 2.26. The minimum absolute atomic E-state index is 0.150. The lowest BCUT2D eigenvalue weighted by atomic mass is 10.0. The summed E-state index contributed by atoms with van der Waals surface area (Å²) >= 11 is 1.37. The first-order chi connectivity index (χ1) is 9.63. The van der Waals surface area contributed by atoms with E-state index in [1.54, 1.807) is 31.2 Å². The molecular formula is C15H14O4S. The monoisotopic (exact) mass is 290 g/mol. The molecule has 0 aliphatic heterocycles. The standard InChI is InChI=1S/C15H14O4S/c1-10(15(17)13-6-4-8-19-13)14(20-2)9-11(16)12-5-3-7-18-12/h3-10H,1-2H3/b14-9-/t10-/m1/s1. The smallest absolute Gasteiger partial charge is 0.221 e. The molecule has 0 unspecified atom stereocenters. The first kappa shape index (κ1) is 14.4. The lowest BCUT2D eigenvalue weighted by molar-refractivity contribution is 0.0924. The number of carbonyl (C=O) groups is 2. The summed E-state index contributed by atoms with van der Waals surface area (Å²) in [6, 6.07) is 6.52. The van der Waals surface area contributed by atoms with Crippen molar-refractivity contribution in [2.24, 2.45) is 5.92 Å². The van der Waals surface area contributed by atoms with Crippen LogP contribution in [0.3, 0.4) is 0 Å². The van der Waals surface area contributed by atoms with Gasteiger partial charge in [0.25, 0.3) is 0 Å². The minimum atomic E-state index is -0.435. The lowest BCUT2D eigenvalue weighted by Gasteiger charge is -2.11. The van der Waals surface area contributed by atoms with Crippen molar-refractivity contribution in [2.75, 3.05) is 6.26 Å². The number of rotatable bonds is 6. The Morgan fingerprint density at radius 2 is 1.75 bits per heavy atom. The van der Waals surface area contributed by atoms with Crippen LogP contribution in [0.2, 0.25) is 0 Å². The third-order valence-corrected chi connectivity index (χ3v) is 3.80. The molecule has 2 aromatic heterocycles. The molecule has 2 rings (SSSR count). The van der Waals surface area contributed by atoms with Gasteiger partial charge in [-0.25, -0.2) is 0 Å². The van der Waals surface area contributed by atoms with Crippen LogP contribution in [-0.2, 0) is 0 Å². The van der Waals surface area contributed by atoms with Crippen LogP contribution in [0.4, 0.5) is 0 Å². The Hall–Kier alpha value is -2.01. The summed E-state index contributed by atoms with van der Waals surface area (Å²) in [4.78, 5) is 24.8. The zero-order valence-electron chi connectivity index (χ0n) is 11.2. The normalized spacial score (nSPS) is 13.2. The molecule has 0 saturated heterocycles. The fourth-order valence-corrected chi connectivity index (χ4v) is 2.43. The first-order valence-corrected chi connectivity index (χ1v) is 7.27. The largest absolute Gasteiger partial charge is 0.461 e. The Morgan fingerprint density at radius 1 is 1.15 bits per heavy atom. The minimum Gasteiger partial charge on any atom is -0.461 e. The zero-order valence-corrected chi connectivity index (χ0v) is 12.0. The summed E-state index contributed by atoms with van der Waals surface area (Å²) in [7, 11) is 0. The fraction of sp³-hybridized carbons (Fsp3) is 0.200. The molecule has 104 valence electrons. The average Bonchev–Trinajstić information content (AvgIpc) is 3.15. The highest BCUT2D eigenvalue weighted by molar-refractivity contribution is 8.02. The SMILES string of the molecule is CS/C(=C\C(=O)c1ccco1)[C@@H](C)C(=O)c1ccco1. The summed E-state index contributed by atoms with van der Waals surface area (Å²) in [6.45, 7) is 1.75. The van der Waals surface area contributed by atoms with Gasteiger partial charge in [-0.1, -0.05) is 6.92 Å². The third kappa shape index (κ3) is 3.11. The van der Waals surface area contributed by atoms with Crippen LogP contribution in [0.25, 0.3) is 0 Å². The molecule has 0 fully saturated rings. The second-order valence-electron chi connectivity index (χ2n) is 4.16. The van der Waals surface area contributed by atoms with Gasteiger partial charge in [-0.3, -0.25) is 9.59 Å². The van der Waals surface area contributed by atoms with Crippen LogP contribution in [0.5, 0.6) is 0 Å². The van der Waals surface area contributed by atoms with E-state index in [2.05, 4.69) is 0 Å². The molecule has 0 amide bonds. The molecule has 2 heterocycles. The summed E-state index contributed by atoms with van der Waals surface area (Å²) in [5.41, 5.74) is 0. The number of thioether (sulfide) groups is 1. The van der Waals surface area contributed by atoms with E-state index in [0.29, 0.717) is 10.7 Å². The molecule has 0 bridgehead atoms. The molecule has 20 heavy (non-hydrogen) atoms. The molecule has 5 heteroatoms. The van der Waals surface area contributed by atoms with Crippen LogP contribution in [0.15, 0.2) is 56.6 Å². The zero-order chi connectivity index (χ0) is 14.5. The highest BCUT2D eigenvalue weighted by atomic mass is 32.2. The number of carbonyl (C=O) groups excluding carboxylic acids is 2. The fourth-order valence-electron chi connectivity index (χ4n) is 1.74. The van der Waals surface area contributed by atoms with Crippen LogP contribution in [0.1, 0.15) is 28.0 Å². The molecule has 0 aliphatic carbocycles. The Balaban J connectivity index is 2.19. The predicted molar refractivity (Wildman–Crippen MR) is 76.8 cm³/mol. The Bertz CT molecular complexity index is 608. The van der Waals surface area contributed by atoms with Gasteiger partial charge < -0.3 is 8.83 Å². The molecule has 0 N–H and O–H groups in total. The van der Waals surface area contributed by atoms with Gasteiger partial charge in [0.1, 0.15) is 0 Å². The molecule has 4 nitrogen and oxygen atoms in total. The second kappa shape index (κ2) is 6.43. The van der Waals surface area contributed by atoms with Crippen LogP contribution >= 0.6 is 11.8 Å². The van der Waals surface area contributed by atoms with Gasteiger partial charge in [0, 0.05) is 0 Å². The van der Waals surface area contributed by atoms with Crippen molar-refractivity contribution >= 4 is 23.3 Å². The van der Waals surface area contributed by atoms with Gasteiger partial charge in [0.15, 0.2) is 11.5 Å². The number of ketones is 2. The van der Waals surface area contributed by atoms with Crippen molar-refractivity contribution in [3.63, 3.8) is 0 Å². The highest BCUT2D eigenvalue weighted by Gasteiger charge is 2.22. The van der Waals surface area contributed by atoms with Gasteiger partial charge in [0.2, 0.25) is 11.6 Å². The van der Waals surface area contributed by atoms with Crippen LogP contribution in [-0.4, -0.2) is 17.8 Å². The van der Waals surface area contributed by atoms with Crippen molar-refractivity contribution in [3.8, 4) is 0 Å². The van der Waals surface area contributed by atoms with E-state index in [0.717, 1.165) is 0 Å². The predicted octanol–water partition coefficient (Wildman–Crippen LogP) is 3.82. The first-order valence-electron chi connectivity index (χ1n) is 6.04. The molecule has 0 aromatic carbocycles. The molecule has 0 radical (unpaired) electrons. The molecule has 0 spiro atoms. The third-order valence-electron chi connectivity index (χ3n) is 2.86. The van der Waals surface area contributed by atoms with Crippen molar-refractivity contribution in [3.05, 3.63) is 59.3 Å². The average molecular weight is 290 g/mol. The van der Waals surface area contributed by atoms with Gasteiger partial charge in [0.05, 0.1) is 18.4 Å². The molecular weight excluding hydrogens is 276 g/mol. The maximum atomic E-state index is 12.2. The van der Waals surface area contributed by atoms with E-state index in [-0.39, 0.29) is 17.3 Å². The summed E-state index contributed by atoms with van der Waals surface area (Å²) in [5, 5.41) is 0. The summed E-state index contributed by atoms with van der Waals surface area (Å²) in [6.07, 6.45) is 6.16. The van der Waals surface area contributed by atoms with Crippen molar-refractivity contribution in [1.29, 1.82) is 0 Å². The van der Waals surface area contributed by atoms with Crippen LogP contribution < -0.4 is 0 Å². The summed E-state index contributed by atoms with van der Waals surface area (Å²) in [5.74, 6) is -0.284.